The summed E-state index contributed by atoms with van der Waals surface area (Å²) in [6.07, 6.45) is -11.5. The van der Waals surface area contributed by atoms with E-state index in [1.165, 1.54) is 0 Å². The van der Waals surface area contributed by atoms with Crippen LogP contribution in [-0.2, 0) is 27.4 Å². The van der Waals surface area contributed by atoms with E-state index in [2.05, 4.69) is 0 Å². The maximum atomic E-state index is 12.8. The molecular formula is C24H27F3O8S. The number of rotatable bonds is 6. The van der Waals surface area contributed by atoms with Gasteiger partial charge in [-0.25, -0.2) is 8.42 Å². The van der Waals surface area contributed by atoms with Gasteiger partial charge in [-0.15, -0.1) is 0 Å². The van der Waals surface area contributed by atoms with E-state index >= 15 is 0 Å². The van der Waals surface area contributed by atoms with Crippen molar-refractivity contribution in [2.45, 2.75) is 55.8 Å². The second kappa shape index (κ2) is 10.2. The summed E-state index contributed by atoms with van der Waals surface area (Å²) in [6.45, 7) is 2.82. The molecule has 4 rings (SSSR count). The second-order valence-electron chi connectivity index (χ2n) is 8.86. The SMILES string of the molecule is CCc1ccc([C@@H]2OC(S(=O)(=O)CC(F)(F)F)[C@@H](O)[C@H](O)[C@H]2O)cc1Cc1ccc2c(c1)OCCO2. The second-order valence-corrected chi connectivity index (χ2v) is 10.9. The average Bonchev–Trinajstić information content (AvgIpc) is 2.81. The third-order valence-electron chi connectivity index (χ3n) is 6.23. The molecule has 0 amide bonds. The van der Waals surface area contributed by atoms with Gasteiger partial charge in [0.1, 0.15) is 43.4 Å². The molecule has 2 aliphatic rings. The van der Waals surface area contributed by atoms with Crippen LogP contribution in [0.1, 0.15) is 35.3 Å². The summed E-state index contributed by atoms with van der Waals surface area (Å²) in [4.78, 5) is 0. The van der Waals surface area contributed by atoms with Crippen molar-refractivity contribution in [1.82, 2.24) is 0 Å². The van der Waals surface area contributed by atoms with E-state index in [1.54, 1.807) is 24.3 Å². The van der Waals surface area contributed by atoms with Gasteiger partial charge >= 0.3 is 6.18 Å². The number of halogens is 3. The Hall–Kier alpha value is -2.38. The molecular weight excluding hydrogens is 505 g/mol. The third kappa shape index (κ3) is 5.62. The summed E-state index contributed by atoms with van der Waals surface area (Å²) >= 11 is 0. The lowest BCUT2D eigenvalue weighted by Gasteiger charge is -2.40. The van der Waals surface area contributed by atoms with Crippen LogP contribution in [0.15, 0.2) is 36.4 Å². The molecule has 198 valence electrons. The lowest BCUT2D eigenvalue weighted by Crippen LogP contribution is -2.57. The van der Waals surface area contributed by atoms with E-state index in [0.29, 0.717) is 37.6 Å². The van der Waals surface area contributed by atoms with Crippen LogP contribution in [0.3, 0.4) is 0 Å². The van der Waals surface area contributed by atoms with Crippen molar-refractivity contribution in [2.75, 3.05) is 19.0 Å². The molecule has 1 unspecified atom stereocenters. The topological polar surface area (TPSA) is 123 Å². The van der Waals surface area contributed by atoms with Gasteiger partial charge in [-0.05, 0) is 47.2 Å². The van der Waals surface area contributed by atoms with E-state index in [-0.39, 0.29) is 5.56 Å². The van der Waals surface area contributed by atoms with Gasteiger partial charge in [-0.2, -0.15) is 13.2 Å². The molecule has 2 aromatic rings. The first kappa shape index (κ1) is 26.7. The number of hydrogen-bond acceptors (Lipinski definition) is 8. The summed E-state index contributed by atoms with van der Waals surface area (Å²) in [5.74, 6) is -0.998. The maximum Gasteiger partial charge on any atom is 0.402 e. The zero-order valence-corrected chi connectivity index (χ0v) is 20.1. The van der Waals surface area contributed by atoms with Gasteiger partial charge in [-0.3, -0.25) is 0 Å². The van der Waals surface area contributed by atoms with Gasteiger partial charge < -0.3 is 29.5 Å². The minimum Gasteiger partial charge on any atom is -0.486 e. The normalized spacial score (nSPS) is 26.6. The van der Waals surface area contributed by atoms with Crippen molar-refractivity contribution in [3.05, 3.63) is 58.7 Å². The summed E-state index contributed by atoms with van der Waals surface area (Å²) in [6, 6.07) is 10.5. The minimum absolute atomic E-state index is 0.255. The molecule has 0 radical (unpaired) electrons. The summed E-state index contributed by atoms with van der Waals surface area (Å²) in [7, 11) is -5.06. The largest absolute Gasteiger partial charge is 0.486 e. The Morgan fingerprint density at radius 3 is 2.28 bits per heavy atom. The molecule has 36 heavy (non-hydrogen) atoms. The molecule has 5 atom stereocenters. The highest BCUT2D eigenvalue weighted by Crippen LogP contribution is 2.37. The molecule has 12 heteroatoms. The van der Waals surface area contributed by atoms with Crippen molar-refractivity contribution in [2.24, 2.45) is 0 Å². The van der Waals surface area contributed by atoms with Crippen LogP contribution in [0.2, 0.25) is 0 Å². The molecule has 0 aliphatic carbocycles. The fourth-order valence-corrected chi connectivity index (χ4v) is 5.98. The van der Waals surface area contributed by atoms with Gasteiger partial charge in [0.05, 0.1) is 0 Å². The Balaban J connectivity index is 1.64. The maximum absolute atomic E-state index is 12.8. The molecule has 0 spiro atoms. The Morgan fingerprint density at radius 1 is 0.917 bits per heavy atom. The van der Waals surface area contributed by atoms with Crippen LogP contribution in [0.4, 0.5) is 13.2 Å². The number of benzene rings is 2. The first-order valence-electron chi connectivity index (χ1n) is 11.4. The van der Waals surface area contributed by atoms with Crippen LogP contribution < -0.4 is 9.47 Å². The number of fused-ring (bicyclic) bond motifs is 1. The summed E-state index contributed by atoms with van der Waals surface area (Å²) in [5, 5.41) is 30.9. The van der Waals surface area contributed by atoms with Gasteiger partial charge in [0, 0.05) is 0 Å². The lowest BCUT2D eigenvalue weighted by molar-refractivity contribution is -0.203. The quantitative estimate of drug-likeness (QED) is 0.517. The zero-order valence-electron chi connectivity index (χ0n) is 19.3. The summed E-state index contributed by atoms with van der Waals surface area (Å²) in [5.41, 5.74) is 0.524. The molecule has 1 saturated heterocycles. The predicted molar refractivity (Wildman–Crippen MR) is 122 cm³/mol. The van der Waals surface area contributed by atoms with Crippen molar-refractivity contribution >= 4 is 9.84 Å². The number of aliphatic hydroxyl groups is 3. The Morgan fingerprint density at radius 2 is 1.61 bits per heavy atom. The van der Waals surface area contributed by atoms with E-state index in [1.807, 2.05) is 19.1 Å². The lowest BCUT2D eigenvalue weighted by atomic mass is 9.90. The first-order valence-corrected chi connectivity index (χ1v) is 13.1. The molecule has 2 aliphatic heterocycles. The molecule has 2 heterocycles. The Kier molecular flexibility index (Phi) is 7.54. The van der Waals surface area contributed by atoms with E-state index in [9.17, 15) is 36.9 Å². The minimum atomic E-state index is -5.07. The van der Waals surface area contributed by atoms with E-state index < -0.39 is 51.6 Å². The predicted octanol–water partition coefficient (Wildman–Crippen LogP) is 2.07. The molecule has 2 aromatic carbocycles. The molecule has 3 N–H and O–H groups in total. The fraction of sp³-hybridized carbons (Fsp3) is 0.500. The monoisotopic (exact) mass is 532 g/mol. The zero-order chi connectivity index (χ0) is 26.3. The highest BCUT2D eigenvalue weighted by Gasteiger charge is 2.52. The first-order chi connectivity index (χ1) is 16.9. The van der Waals surface area contributed by atoms with Gasteiger partial charge in [0.25, 0.3) is 0 Å². The van der Waals surface area contributed by atoms with Crippen molar-refractivity contribution < 1.29 is 51.1 Å². The number of aliphatic hydroxyl groups excluding tert-OH is 3. The standard InChI is InChI=1S/C24H27F3O8S/c1-2-14-4-5-15(11-16(14)9-13-3-6-17-18(10-13)34-8-7-33-17)22-20(29)19(28)21(30)23(35-22)36(31,32)12-24(25,26)27/h3-6,10-11,19-23,28-30H,2,7-9,12H2,1H3/t19-,20-,21+,22+,23?/m1/s1. The molecule has 0 aromatic heterocycles. The van der Waals surface area contributed by atoms with E-state index in [4.69, 9.17) is 14.2 Å². The van der Waals surface area contributed by atoms with Crippen LogP contribution in [0, 0.1) is 0 Å². The van der Waals surface area contributed by atoms with Crippen LogP contribution in [0.25, 0.3) is 0 Å². The number of ether oxygens (including phenoxy) is 3. The van der Waals surface area contributed by atoms with E-state index in [0.717, 1.165) is 16.7 Å². The molecule has 8 nitrogen and oxygen atoms in total. The Labute approximate surface area is 206 Å². The van der Waals surface area contributed by atoms with Crippen LogP contribution in [0.5, 0.6) is 11.5 Å². The molecule has 0 saturated carbocycles. The van der Waals surface area contributed by atoms with Crippen LogP contribution in [-0.4, -0.2) is 72.6 Å². The van der Waals surface area contributed by atoms with Crippen LogP contribution >= 0.6 is 0 Å². The molecule has 0 bridgehead atoms. The number of alkyl halides is 3. The molecule has 1 fully saturated rings. The smallest absolute Gasteiger partial charge is 0.402 e. The third-order valence-corrected chi connectivity index (χ3v) is 8.06. The highest BCUT2D eigenvalue weighted by atomic mass is 32.2. The summed E-state index contributed by atoms with van der Waals surface area (Å²) < 4.78 is 79.7. The Bertz CT molecular complexity index is 1200. The van der Waals surface area contributed by atoms with Crippen molar-refractivity contribution in [1.29, 1.82) is 0 Å². The number of aryl methyl sites for hydroxylation is 1. The number of hydrogen-bond donors (Lipinski definition) is 3. The number of sulfone groups is 1. The van der Waals surface area contributed by atoms with Crippen molar-refractivity contribution in [3.63, 3.8) is 0 Å². The average molecular weight is 533 g/mol. The fourth-order valence-electron chi connectivity index (χ4n) is 4.48. The van der Waals surface area contributed by atoms with Gasteiger partial charge in [0.15, 0.2) is 26.8 Å². The van der Waals surface area contributed by atoms with Gasteiger partial charge in [0.2, 0.25) is 0 Å². The van der Waals surface area contributed by atoms with Gasteiger partial charge in [-0.1, -0.05) is 31.2 Å². The highest BCUT2D eigenvalue weighted by molar-refractivity contribution is 7.92. The van der Waals surface area contributed by atoms with Crippen molar-refractivity contribution in [3.8, 4) is 11.5 Å².